The number of carbonyl (C=O) groups excluding carboxylic acids is 1. The van der Waals surface area contributed by atoms with Crippen LogP contribution < -0.4 is 5.32 Å². The smallest absolute Gasteiger partial charge is 0.243 e. The van der Waals surface area contributed by atoms with Crippen LogP contribution >= 0.6 is 0 Å². The van der Waals surface area contributed by atoms with E-state index in [1.54, 1.807) is 31.6 Å². The van der Waals surface area contributed by atoms with Gasteiger partial charge in [-0.3, -0.25) is 4.79 Å². The number of aromatic nitrogens is 2. The number of ether oxygens (including phenoxy) is 1. The fourth-order valence-corrected chi connectivity index (χ4v) is 4.75. The van der Waals surface area contributed by atoms with Gasteiger partial charge in [0.05, 0.1) is 22.3 Å². The molecule has 148 valence electrons. The van der Waals surface area contributed by atoms with Crippen molar-refractivity contribution in [2.24, 2.45) is 0 Å². The Bertz CT molecular complexity index is 888. The molecule has 2 aromatic rings. The molecule has 27 heavy (non-hydrogen) atoms. The lowest BCUT2D eigenvalue weighted by molar-refractivity contribution is -0.121. The van der Waals surface area contributed by atoms with Crippen molar-refractivity contribution < 1.29 is 17.9 Å². The van der Waals surface area contributed by atoms with Crippen molar-refractivity contribution >= 4 is 27.0 Å². The number of sulfonamides is 1. The van der Waals surface area contributed by atoms with E-state index in [0.717, 1.165) is 24.8 Å². The summed E-state index contributed by atoms with van der Waals surface area (Å²) >= 11 is 0. The summed E-state index contributed by atoms with van der Waals surface area (Å²) in [5.74, 6) is -0.0267. The van der Waals surface area contributed by atoms with Crippen LogP contribution in [-0.2, 0) is 26.1 Å². The number of methoxy groups -OCH3 is 1. The van der Waals surface area contributed by atoms with E-state index in [4.69, 9.17) is 4.74 Å². The Morgan fingerprint density at radius 1 is 1.30 bits per heavy atom. The van der Waals surface area contributed by atoms with Crippen LogP contribution in [0.2, 0.25) is 0 Å². The van der Waals surface area contributed by atoms with E-state index in [1.165, 1.54) is 4.31 Å². The Kier molecular flexibility index (Phi) is 6.46. The van der Waals surface area contributed by atoms with Gasteiger partial charge in [0.1, 0.15) is 0 Å². The zero-order valence-corrected chi connectivity index (χ0v) is 16.4. The topological polar surface area (TPSA) is 93.5 Å². The van der Waals surface area contributed by atoms with Crippen LogP contribution in [0, 0.1) is 0 Å². The Labute approximate surface area is 159 Å². The molecule has 1 aromatic heterocycles. The van der Waals surface area contributed by atoms with Gasteiger partial charge in [-0.25, -0.2) is 13.4 Å². The fraction of sp³-hybridized carbons (Fsp3) is 0.556. The first-order valence-corrected chi connectivity index (χ1v) is 10.7. The van der Waals surface area contributed by atoms with E-state index in [0.29, 0.717) is 44.7 Å². The third-order valence-electron chi connectivity index (χ3n) is 4.72. The first kappa shape index (κ1) is 19.8. The SMILES string of the molecule is COCCCNC(=O)CCn1cnc2cc(S(=O)(=O)N3CCCC3)ccc21. The van der Waals surface area contributed by atoms with Crippen molar-refractivity contribution in [1.29, 1.82) is 0 Å². The zero-order chi connectivity index (χ0) is 19.3. The number of imidazole rings is 1. The molecule has 0 spiro atoms. The van der Waals surface area contributed by atoms with Crippen molar-refractivity contribution in [2.75, 3.05) is 33.4 Å². The molecule has 2 heterocycles. The number of benzene rings is 1. The Morgan fingerprint density at radius 2 is 2.07 bits per heavy atom. The molecule has 0 radical (unpaired) electrons. The molecule has 1 N–H and O–H groups in total. The number of hydrogen-bond acceptors (Lipinski definition) is 5. The Morgan fingerprint density at radius 3 is 2.81 bits per heavy atom. The van der Waals surface area contributed by atoms with Crippen molar-refractivity contribution in [3.8, 4) is 0 Å². The van der Waals surface area contributed by atoms with E-state index in [9.17, 15) is 13.2 Å². The number of rotatable bonds is 9. The summed E-state index contributed by atoms with van der Waals surface area (Å²) in [4.78, 5) is 16.5. The fourth-order valence-electron chi connectivity index (χ4n) is 3.21. The van der Waals surface area contributed by atoms with E-state index >= 15 is 0 Å². The van der Waals surface area contributed by atoms with Crippen molar-refractivity contribution in [3.63, 3.8) is 0 Å². The number of nitrogens with one attached hydrogen (secondary N) is 1. The maximum atomic E-state index is 12.7. The molecule has 1 fully saturated rings. The minimum Gasteiger partial charge on any atom is -0.385 e. The third-order valence-corrected chi connectivity index (χ3v) is 6.62. The third kappa shape index (κ3) is 4.66. The first-order valence-electron chi connectivity index (χ1n) is 9.23. The summed E-state index contributed by atoms with van der Waals surface area (Å²) in [5, 5.41) is 2.85. The van der Waals surface area contributed by atoms with Crippen molar-refractivity contribution in [1.82, 2.24) is 19.2 Å². The van der Waals surface area contributed by atoms with Crippen LogP contribution in [0.1, 0.15) is 25.7 Å². The highest BCUT2D eigenvalue weighted by Crippen LogP contribution is 2.24. The highest BCUT2D eigenvalue weighted by atomic mass is 32.2. The second-order valence-corrected chi connectivity index (χ2v) is 8.58. The van der Waals surface area contributed by atoms with Crippen LogP contribution in [0.5, 0.6) is 0 Å². The van der Waals surface area contributed by atoms with Crippen LogP contribution in [0.25, 0.3) is 11.0 Å². The predicted molar refractivity (Wildman–Crippen MR) is 102 cm³/mol. The van der Waals surface area contributed by atoms with Gasteiger partial charge < -0.3 is 14.6 Å². The summed E-state index contributed by atoms with van der Waals surface area (Å²) in [6.07, 6.45) is 4.58. The molecule has 0 aliphatic carbocycles. The highest BCUT2D eigenvalue weighted by Gasteiger charge is 2.27. The number of fused-ring (bicyclic) bond motifs is 1. The standard InChI is InChI=1S/C18H26N4O4S/c1-26-12-4-8-19-18(23)7-11-21-14-20-16-13-15(5-6-17(16)21)27(24,25)22-9-2-3-10-22/h5-6,13-14H,2-4,7-12H2,1H3,(H,19,23). The maximum absolute atomic E-state index is 12.7. The van der Waals surface area contributed by atoms with Crippen molar-refractivity contribution in [3.05, 3.63) is 24.5 Å². The normalized spacial score (nSPS) is 15.4. The van der Waals surface area contributed by atoms with Gasteiger partial charge in [0.2, 0.25) is 15.9 Å². The first-order chi connectivity index (χ1) is 13.0. The molecular formula is C18H26N4O4S. The molecule has 0 unspecified atom stereocenters. The van der Waals surface area contributed by atoms with Gasteiger partial charge in [-0.15, -0.1) is 0 Å². The number of amides is 1. The van der Waals surface area contributed by atoms with E-state index in [-0.39, 0.29) is 10.8 Å². The van der Waals surface area contributed by atoms with E-state index in [2.05, 4.69) is 10.3 Å². The zero-order valence-electron chi connectivity index (χ0n) is 15.6. The van der Waals surface area contributed by atoms with E-state index in [1.807, 2.05) is 4.57 Å². The number of hydrogen-bond donors (Lipinski definition) is 1. The molecule has 1 aliphatic heterocycles. The second-order valence-electron chi connectivity index (χ2n) is 6.65. The molecular weight excluding hydrogens is 368 g/mol. The van der Waals surface area contributed by atoms with Gasteiger partial charge >= 0.3 is 0 Å². The minimum absolute atomic E-state index is 0.0267. The largest absolute Gasteiger partial charge is 0.385 e. The Balaban J connectivity index is 1.64. The second kappa shape index (κ2) is 8.81. The molecule has 9 heteroatoms. The minimum atomic E-state index is -3.45. The number of aryl methyl sites for hydroxylation is 1. The lowest BCUT2D eigenvalue weighted by atomic mass is 10.3. The van der Waals surface area contributed by atoms with Gasteiger partial charge in [-0.1, -0.05) is 0 Å². The van der Waals surface area contributed by atoms with Crippen LogP contribution in [0.15, 0.2) is 29.4 Å². The van der Waals surface area contributed by atoms with Gasteiger partial charge in [0, 0.05) is 46.3 Å². The van der Waals surface area contributed by atoms with Crippen LogP contribution in [0.4, 0.5) is 0 Å². The summed E-state index contributed by atoms with van der Waals surface area (Å²) < 4.78 is 33.7. The van der Waals surface area contributed by atoms with Gasteiger partial charge in [-0.2, -0.15) is 4.31 Å². The average Bonchev–Trinajstić information content (AvgIpc) is 3.33. The monoisotopic (exact) mass is 394 g/mol. The maximum Gasteiger partial charge on any atom is 0.243 e. The predicted octanol–water partition coefficient (Wildman–Crippen LogP) is 1.36. The number of carbonyl (C=O) groups is 1. The molecule has 0 atom stereocenters. The lowest BCUT2D eigenvalue weighted by Gasteiger charge is -2.15. The van der Waals surface area contributed by atoms with Crippen LogP contribution in [-0.4, -0.2) is 61.5 Å². The van der Waals surface area contributed by atoms with Gasteiger partial charge in [-0.05, 0) is 37.5 Å². The molecule has 1 amide bonds. The van der Waals surface area contributed by atoms with Gasteiger partial charge in [0.25, 0.3) is 0 Å². The quantitative estimate of drug-likeness (QED) is 0.648. The average molecular weight is 394 g/mol. The Hall–Kier alpha value is -1.97. The highest BCUT2D eigenvalue weighted by molar-refractivity contribution is 7.89. The summed E-state index contributed by atoms with van der Waals surface area (Å²) in [6, 6.07) is 5.01. The molecule has 3 rings (SSSR count). The lowest BCUT2D eigenvalue weighted by Crippen LogP contribution is -2.27. The van der Waals surface area contributed by atoms with Crippen LogP contribution in [0.3, 0.4) is 0 Å². The van der Waals surface area contributed by atoms with Gasteiger partial charge in [0.15, 0.2) is 0 Å². The van der Waals surface area contributed by atoms with Crippen molar-refractivity contribution in [2.45, 2.75) is 37.1 Å². The molecule has 1 aromatic carbocycles. The summed E-state index contributed by atoms with van der Waals surface area (Å²) in [6.45, 7) is 2.86. The molecule has 1 saturated heterocycles. The summed E-state index contributed by atoms with van der Waals surface area (Å²) in [7, 11) is -1.82. The molecule has 0 bridgehead atoms. The molecule has 0 saturated carbocycles. The molecule has 1 aliphatic rings. The number of nitrogens with zero attached hydrogens (tertiary/aromatic N) is 3. The molecule has 8 nitrogen and oxygen atoms in total. The van der Waals surface area contributed by atoms with E-state index < -0.39 is 10.0 Å². The summed E-state index contributed by atoms with van der Waals surface area (Å²) in [5.41, 5.74) is 1.44.